The van der Waals surface area contributed by atoms with E-state index in [9.17, 15) is 4.79 Å². The highest BCUT2D eigenvalue weighted by Crippen LogP contribution is 2.43. The standard InChI is InChI=1S/C29H24Cl2N4O2/c1-34-17-32-33-28(34)29(37-2,20-8-10-22(30)11-9-20)21-13-19-6-4-12-35-26(36)16-24(25(15-21)27(19)35)18-5-3-7-23(31)14-18/h3,5,7-11,13-17H,4,6,12H2,1-2H3. The molecule has 0 fully saturated rings. The lowest BCUT2D eigenvalue weighted by Crippen LogP contribution is -2.35. The molecule has 0 amide bonds. The number of benzene rings is 3. The van der Waals surface area contributed by atoms with Crippen molar-refractivity contribution in [1.29, 1.82) is 0 Å². The molecule has 3 heterocycles. The van der Waals surface area contributed by atoms with Crippen LogP contribution in [0.4, 0.5) is 0 Å². The maximum Gasteiger partial charge on any atom is 0.251 e. The van der Waals surface area contributed by atoms with E-state index in [1.165, 1.54) is 0 Å². The Morgan fingerprint density at radius 1 is 0.973 bits per heavy atom. The Morgan fingerprint density at radius 3 is 2.49 bits per heavy atom. The predicted octanol–water partition coefficient (Wildman–Crippen LogP) is 5.99. The number of pyridine rings is 1. The van der Waals surface area contributed by atoms with Gasteiger partial charge in [-0.2, -0.15) is 0 Å². The van der Waals surface area contributed by atoms with Crippen molar-refractivity contribution in [3.05, 3.63) is 116 Å². The van der Waals surface area contributed by atoms with E-state index in [1.807, 2.05) is 64.7 Å². The molecule has 37 heavy (non-hydrogen) atoms. The third-order valence-corrected chi connectivity index (χ3v) is 7.72. The normalized spacial score (nSPS) is 14.6. The van der Waals surface area contributed by atoms with Crippen LogP contribution in [-0.2, 0) is 30.4 Å². The number of rotatable bonds is 5. The van der Waals surface area contributed by atoms with E-state index in [1.54, 1.807) is 19.5 Å². The van der Waals surface area contributed by atoms with Crippen LogP contribution in [0.2, 0.25) is 10.0 Å². The Morgan fingerprint density at radius 2 is 1.78 bits per heavy atom. The fourth-order valence-electron chi connectivity index (χ4n) is 5.58. The summed E-state index contributed by atoms with van der Waals surface area (Å²) in [4.78, 5) is 13.2. The second-order valence-electron chi connectivity index (χ2n) is 9.35. The maximum atomic E-state index is 13.2. The van der Waals surface area contributed by atoms with Gasteiger partial charge >= 0.3 is 0 Å². The third-order valence-electron chi connectivity index (χ3n) is 7.24. The van der Waals surface area contributed by atoms with Crippen LogP contribution in [0.1, 0.15) is 28.9 Å². The van der Waals surface area contributed by atoms with Gasteiger partial charge in [-0.3, -0.25) is 4.79 Å². The predicted molar refractivity (Wildman–Crippen MR) is 146 cm³/mol. The monoisotopic (exact) mass is 530 g/mol. The molecule has 1 unspecified atom stereocenters. The minimum Gasteiger partial charge on any atom is -0.361 e. The summed E-state index contributed by atoms with van der Waals surface area (Å²) >= 11 is 12.6. The van der Waals surface area contributed by atoms with Crippen molar-refractivity contribution < 1.29 is 4.74 Å². The van der Waals surface area contributed by atoms with Gasteiger partial charge in [-0.05, 0) is 77.1 Å². The zero-order chi connectivity index (χ0) is 25.7. The largest absolute Gasteiger partial charge is 0.361 e. The van der Waals surface area contributed by atoms with E-state index >= 15 is 0 Å². The average Bonchev–Trinajstić information content (AvgIpc) is 3.34. The highest BCUT2D eigenvalue weighted by atomic mass is 35.5. The van der Waals surface area contributed by atoms with Crippen molar-refractivity contribution in [1.82, 2.24) is 19.3 Å². The summed E-state index contributed by atoms with van der Waals surface area (Å²) in [5.74, 6) is 0.636. The van der Waals surface area contributed by atoms with Gasteiger partial charge in [-0.15, -0.1) is 10.2 Å². The molecule has 1 aliphatic heterocycles. The molecular weight excluding hydrogens is 507 g/mol. The van der Waals surface area contributed by atoms with Crippen LogP contribution >= 0.6 is 23.2 Å². The molecule has 0 N–H and O–H groups in total. The second kappa shape index (κ2) is 9.14. The fourth-order valence-corrected chi connectivity index (χ4v) is 5.90. The first-order valence-electron chi connectivity index (χ1n) is 12.0. The fraction of sp³-hybridized carbons (Fsp3) is 0.207. The smallest absolute Gasteiger partial charge is 0.251 e. The molecule has 0 radical (unpaired) electrons. The highest BCUT2D eigenvalue weighted by molar-refractivity contribution is 6.31. The Hall–Kier alpha value is -3.45. The van der Waals surface area contributed by atoms with E-state index in [4.69, 9.17) is 27.9 Å². The first kappa shape index (κ1) is 23.9. The lowest BCUT2D eigenvalue weighted by atomic mass is 9.81. The molecule has 0 spiro atoms. The van der Waals surface area contributed by atoms with Crippen LogP contribution < -0.4 is 5.56 Å². The average molecular weight is 531 g/mol. The SMILES string of the molecule is COC(c1ccc(Cl)cc1)(c1cc2c3c(c1)c(-c1cccc(Cl)c1)cc(=O)n3CCC2)c1nncn1C. The summed E-state index contributed by atoms with van der Waals surface area (Å²) in [5.41, 5.74) is 4.46. The summed E-state index contributed by atoms with van der Waals surface area (Å²) < 4.78 is 10.2. The number of hydrogen-bond acceptors (Lipinski definition) is 4. The molecule has 0 saturated carbocycles. The van der Waals surface area contributed by atoms with Gasteiger partial charge in [0.15, 0.2) is 11.4 Å². The maximum absolute atomic E-state index is 13.2. The minimum atomic E-state index is -1.06. The van der Waals surface area contributed by atoms with Crippen molar-refractivity contribution in [2.24, 2.45) is 7.05 Å². The molecule has 2 aromatic heterocycles. The van der Waals surface area contributed by atoms with Gasteiger partial charge in [0.2, 0.25) is 0 Å². The van der Waals surface area contributed by atoms with Crippen LogP contribution in [0.25, 0.3) is 22.0 Å². The topological polar surface area (TPSA) is 61.9 Å². The van der Waals surface area contributed by atoms with Gasteiger partial charge in [-0.25, -0.2) is 0 Å². The van der Waals surface area contributed by atoms with E-state index < -0.39 is 5.60 Å². The molecule has 186 valence electrons. The van der Waals surface area contributed by atoms with Crippen molar-refractivity contribution in [3.8, 4) is 11.1 Å². The van der Waals surface area contributed by atoms with Crippen LogP contribution in [0, 0.1) is 0 Å². The van der Waals surface area contributed by atoms with Gasteiger partial charge < -0.3 is 13.9 Å². The lowest BCUT2D eigenvalue weighted by Gasteiger charge is -2.34. The first-order chi connectivity index (χ1) is 17.9. The zero-order valence-corrected chi connectivity index (χ0v) is 21.9. The Labute approximate surface area is 224 Å². The molecule has 1 atom stereocenters. The van der Waals surface area contributed by atoms with Crippen molar-refractivity contribution in [2.75, 3.05) is 7.11 Å². The lowest BCUT2D eigenvalue weighted by molar-refractivity contribution is 0.0482. The first-order valence-corrected chi connectivity index (χ1v) is 12.8. The number of methoxy groups -OCH3 is 1. The second-order valence-corrected chi connectivity index (χ2v) is 10.2. The Kier molecular flexibility index (Phi) is 5.91. The van der Waals surface area contributed by atoms with Gasteiger partial charge in [0, 0.05) is 42.2 Å². The molecule has 5 aromatic rings. The summed E-state index contributed by atoms with van der Waals surface area (Å²) in [7, 11) is 3.58. The number of ether oxygens (including phenoxy) is 1. The number of aromatic nitrogens is 4. The van der Waals surface area contributed by atoms with Crippen LogP contribution in [0.15, 0.2) is 77.9 Å². The number of nitrogens with zero attached hydrogens (tertiary/aromatic N) is 4. The number of halogens is 2. The van der Waals surface area contributed by atoms with Crippen molar-refractivity contribution in [2.45, 2.75) is 25.0 Å². The number of hydrogen-bond donors (Lipinski definition) is 0. The number of aryl methyl sites for hydroxylation is 3. The highest BCUT2D eigenvalue weighted by Gasteiger charge is 2.42. The molecule has 6 rings (SSSR count). The van der Waals surface area contributed by atoms with Crippen molar-refractivity contribution in [3.63, 3.8) is 0 Å². The van der Waals surface area contributed by atoms with Gasteiger partial charge in [-0.1, -0.05) is 47.5 Å². The molecule has 8 heteroatoms. The summed E-state index contributed by atoms with van der Waals surface area (Å²) in [6.45, 7) is 0.688. The summed E-state index contributed by atoms with van der Waals surface area (Å²) in [5, 5.41) is 10.9. The molecule has 6 nitrogen and oxygen atoms in total. The van der Waals surface area contributed by atoms with E-state index in [0.29, 0.717) is 22.4 Å². The summed E-state index contributed by atoms with van der Waals surface area (Å²) in [6.07, 6.45) is 3.40. The van der Waals surface area contributed by atoms with E-state index in [0.717, 1.165) is 51.6 Å². The van der Waals surface area contributed by atoms with E-state index in [-0.39, 0.29) is 5.56 Å². The zero-order valence-electron chi connectivity index (χ0n) is 20.4. The minimum absolute atomic E-state index is 0.0137. The Bertz CT molecular complexity index is 1710. The van der Waals surface area contributed by atoms with Crippen molar-refractivity contribution >= 4 is 34.1 Å². The summed E-state index contributed by atoms with van der Waals surface area (Å²) in [6, 6.07) is 21.2. The molecule has 3 aromatic carbocycles. The molecule has 0 bridgehead atoms. The van der Waals surface area contributed by atoms with E-state index in [2.05, 4.69) is 22.3 Å². The van der Waals surface area contributed by atoms with Gasteiger partial charge in [0.1, 0.15) is 6.33 Å². The van der Waals surface area contributed by atoms with Gasteiger partial charge in [0.25, 0.3) is 5.56 Å². The van der Waals surface area contributed by atoms with Crippen LogP contribution in [-0.4, -0.2) is 26.4 Å². The molecule has 0 saturated heterocycles. The third kappa shape index (κ3) is 3.79. The van der Waals surface area contributed by atoms with Crippen LogP contribution in [0.5, 0.6) is 0 Å². The Balaban J connectivity index is 1.74. The van der Waals surface area contributed by atoms with Crippen LogP contribution in [0.3, 0.4) is 0 Å². The quantitative estimate of drug-likeness (QED) is 0.280. The van der Waals surface area contributed by atoms with Gasteiger partial charge in [0.05, 0.1) is 5.52 Å². The molecule has 1 aliphatic rings. The molecular formula is C29H24Cl2N4O2. The molecule has 0 aliphatic carbocycles.